The average molecular weight is 328 g/mol. The lowest BCUT2D eigenvalue weighted by molar-refractivity contribution is 0.0953. The van der Waals surface area contributed by atoms with Crippen LogP contribution >= 0.6 is 0 Å². The summed E-state index contributed by atoms with van der Waals surface area (Å²) in [6.07, 6.45) is 1.44. The van der Waals surface area contributed by atoms with Gasteiger partial charge in [0, 0.05) is 19.2 Å². The summed E-state index contributed by atoms with van der Waals surface area (Å²) < 4.78 is 35.6. The van der Waals surface area contributed by atoms with Gasteiger partial charge in [-0.25, -0.2) is 13.1 Å². The van der Waals surface area contributed by atoms with Gasteiger partial charge in [-0.2, -0.15) is 0 Å². The van der Waals surface area contributed by atoms with Gasteiger partial charge in [0.2, 0.25) is 10.0 Å². The molecule has 122 valence electrons. The molecule has 0 aromatic heterocycles. The van der Waals surface area contributed by atoms with E-state index < -0.39 is 15.9 Å². The van der Waals surface area contributed by atoms with Crippen LogP contribution in [0.4, 0.5) is 0 Å². The van der Waals surface area contributed by atoms with Gasteiger partial charge in [0.05, 0.1) is 25.5 Å². The number of carbonyl (C=O) groups is 1. The summed E-state index contributed by atoms with van der Waals surface area (Å²) >= 11 is 0. The van der Waals surface area contributed by atoms with E-state index >= 15 is 0 Å². The van der Waals surface area contributed by atoms with Crippen molar-refractivity contribution in [2.75, 3.05) is 33.1 Å². The third-order valence-corrected chi connectivity index (χ3v) is 4.11. The maximum atomic E-state index is 12.1. The maximum absolute atomic E-state index is 12.1. The molecule has 0 aliphatic rings. The van der Waals surface area contributed by atoms with E-state index in [-0.39, 0.29) is 18.8 Å². The van der Waals surface area contributed by atoms with Crippen molar-refractivity contribution < 1.29 is 22.7 Å². The van der Waals surface area contributed by atoms with E-state index in [9.17, 15) is 13.2 Å². The van der Waals surface area contributed by atoms with E-state index in [0.717, 1.165) is 0 Å². The number of amides is 1. The molecule has 0 spiro atoms. The average Bonchev–Trinajstić information content (AvgIpc) is 2.51. The molecule has 1 aromatic rings. The van der Waals surface area contributed by atoms with Gasteiger partial charge in [-0.1, -0.05) is 6.08 Å². The highest BCUT2D eigenvalue weighted by molar-refractivity contribution is 7.89. The lowest BCUT2D eigenvalue weighted by atomic mass is 10.2. The van der Waals surface area contributed by atoms with Gasteiger partial charge >= 0.3 is 0 Å². The van der Waals surface area contributed by atoms with Crippen LogP contribution in [0.25, 0.3) is 0 Å². The van der Waals surface area contributed by atoms with Crippen LogP contribution in [0.3, 0.4) is 0 Å². The monoisotopic (exact) mass is 328 g/mol. The zero-order valence-corrected chi connectivity index (χ0v) is 13.4. The zero-order chi connectivity index (χ0) is 16.6. The lowest BCUT2D eigenvalue weighted by Gasteiger charge is -2.11. The van der Waals surface area contributed by atoms with Crippen molar-refractivity contribution in [2.24, 2.45) is 0 Å². The smallest absolute Gasteiger partial charge is 0.255 e. The molecule has 0 saturated carbocycles. The van der Waals surface area contributed by atoms with Crippen molar-refractivity contribution in [2.45, 2.75) is 0 Å². The number of benzene rings is 1. The standard InChI is InChI=1S/C14H20N2O5S/c1-4-7-16-22(18,19)9-8-15-14(17)12-6-5-11(20-2)10-13(12)21-3/h4-6,10,16H,1,7-9H2,2-3H3,(H,15,17). The fourth-order valence-corrected chi connectivity index (χ4v) is 2.53. The summed E-state index contributed by atoms with van der Waals surface area (Å²) in [4.78, 5) is 12.1. The number of sulfonamides is 1. The lowest BCUT2D eigenvalue weighted by Crippen LogP contribution is -2.34. The van der Waals surface area contributed by atoms with Gasteiger partial charge < -0.3 is 14.8 Å². The van der Waals surface area contributed by atoms with Gasteiger partial charge in [0.1, 0.15) is 11.5 Å². The number of methoxy groups -OCH3 is 2. The summed E-state index contributed by atoms with van der Waals surface area (Å²) in [5, 5.41) is 2.54. The highest BCUT2D eigenvalue weighted by Crippen LogP contribution is 2.24. The fourth-order valence-electron chi connectivity index (χ4n) is 1.64. The van der Waals surface area contributed by atoms with Crippen molar-refractivity contribution in [1.82, 2.24) is 10.0 Å². The second-order valence-corrected chi connectivity index (χ2v) is 6.20. The fraction of sp³-hybridized carbons (Fsp3) is 0.357. The second kappa shape index (κ2) is 8.40. The van der Waals surface area contributed by atoms with Crippen LogP contribution in [-0.4, -0.2) is 47.4 Å². The number of carbonyl (C=O) groups excluding carboxylic acids is 1. The first-order valence-corrected chi connectivity index (χ1v) is 8.17. The predicted molar refractivity (Wildman–Crippen MR) is 83.9 cm³/mol. The molecule has 22 heavy (non-hydrogen) atoms. The van der Waals surface area contributed by atoms with E-state index in [4.69, 9.17) is 9.47 Å². The first kappa shape index (κ1) is 18.0. The topological polar surface area (TPSA) is 93.7 Å². The maximum Gasteiger partial charge on any atom is 0.255 e. The molecule has 0 unspecified atom stereocenters. The largest absolute Gasteiger partial charge is 0.497 e. The molecule has 0 atom stereocenters. The minimum atomic E-state index is -3.44. The molecule has 0 heterocycles. The summed E-state index contributed by atoms with van der Waals surface area (Å²) in [5.41, 5.74) is 0.305. The number of hydrogen-bond acceptors (Lipinski definition) is 5. The first-order valence-electron chi connectivity index (χ1n) is 6.52. The second-order valence-electron chi connectivity index (χ2n) is 4.28. The van der Waals surface area contributed by atoms with Gasteiger partial charge in [0.25, 0.3) is 5.91 Å². The minimum Gasteiger partial charge on any atom is -0.497 e. The van der Waals surface area contributed by atoms with E-state index in [2.05, 4.69) is 16.6 Å². The normalized spacial score (nSPS) is 10.8. The summed E-state index contributed by atoms with van der Waals surface area (Å²) in [7, 11) is -0.486. The van der Waals surface area contributed by atoms with Crippen LogP contribution < -0.4 is 19.5 Å². The Morgan fingerprint density at radius 2 is 2.05 bits per heavy atom. The third kappa shape index (κ3) is 5.38. The molecule has 0 aliphatic heterocycles. The quantitative estimate of drug-likeness (QED) is 0.645. The molecule has 0 radical (unpaired) electrons. The molecule has 1 aromatic carbocycles. The van der Waals surface area contributed by atoms with E-state index in [0.29, 0.717) is 17.1 Å². The van der Waals surface area contributed by atoms with Gasteiger partial charge in [-0.15, -0.1) is 6.58 Å². The third-order valence-electron chi connectivity index (χ3n) is 2.76. The van der Waals surface area contributed by atoms with Crippen LogP contribution in [0, 0.1) is 0 Å². The Kier molecular flexibility index (Phi) is 6.87. The van der Waals surface area contributed by atoms with Crippen LogP contribution in [0.5, 0.6) is 11.5 Å². The molecule has 7 nitrogen and oxygen atoms in total. The van der Waals surface area contributed by atoms with Crippen LogP contribution in [0.15, 0.2) is 30.9 Å². The predicted octanol–water partition coefficient (Wildman–Crippen LogP) is 0.539. The zero-order valence-electron chi connectivity index (χ0n) is 12.6. The number of hydrogen-bond donors (Lipinski definition) is 2. The van der Waals surface area contributed by atoms with Crippen molar-refractivity contribution in [3.63, 3.8) is 0 Å². The van der Waals surface area contributed by atoms with Crippen molar-refractivity contribution in [1.29, 1.82) is 0 Å². The molecule has 0 aliphatic carbocycles. The van der Waals surface area contributed by atoms with Crippen molar-refractivity contribution in [3.05, 3.63) is 36.4 Å². The van der Waals surface area contributed by atoms with Crippen molar-refractivity contribution in [3.8, 4) is 11.5 Å². The summed E-state index contributed by atoms with van der Waals surface area (Å²) in [5.74, 6) is 0.276. The minimum absolute atomic E-state index is 0.0134. The molecule has 8 heteroatoms. The Morgan fingerprint density at radius 3 is 2.64 bits per heavy atom. The van der Waals surface area contributed by atoms with E-state index in [1.807, 2.05) is 0 Å². The molecule has 1 amide bonds. The van der Waals surface area contributed by atoms with Crippen molar-refractivity contribution >= 4 is 15.9 Å². The molecular formula is C14H20N2O5S. The van der Waals surface area contributed by atoms with E-state index in [1.165, 1.54) is 20.3 Å². The Bertz CT molecular complexity index is 628. The molecule has 0 saturated heterocycles. The molecule has 0 fully saturated rings. The molecule has 2 N–H and O–H groups in total. The number of rotatable bonds is 9. The van der Waals surface area contributed by atoms with Crippen LogP contribution in [0.2, 0.25) is 0 Å². The Hall–Kier alpha value is -2.06. The van der Waals surface area contributed by atoms with Crippen LogP contribution in [-0.2, 0) is 10.0 Å². The molecule has 0 bridgehead atoms. The number of nitrogens with one attached hydrogen (secondary N) is 2. The first-order chi connectivity index (χ1) is 10.4. The molecule has 1 rings (SSSR count). The number of ether oxygens (including phenoxy) is 2. The van der Waals surface area contributed by atoms with Gasteiger partial charge in [0.15, 0.2) is 0 Å². The summed E-state index contributed by atoms with van der Waals surface area (Å²) in [6, 6.07) is 4.76. The highest BCUT2D eigenvalue weighted by atomic mass is 32.2. The van der Waals surface area contributed by atoms with Gasteiger partial charge in [-0.3, -0.25) is 4.79 Å². The molecular weight excluding hydrogens is 308 g/mol. The Labute approximate surface area is 130 Å². The highest BCUT2D eigenvalue weighted by Gasteiger charge is 2.14. The van der Waals surface area contributed by atoms with E-state index in [1.54, 1.807) is 18.2 Å². The summed E-state index contributed by atoms with van der Waals surface area (Å²) in [6.45, 7) is 3.57. The van der Waals surface area contributed by atoms with Crippen LogP contribution in [0.1, 0.15) is 10.4 Å². The van der Waals surface area contributed by atoms with Gasteiger partial charge in [-0.05, 0) is 12.1 Å². The Balaban J connectivity index is 2.64. The Morgan fingerprint density at radius 1 is 1.32 bits per heavy atom. The SMILES string of the molecule is C=CCNS(=O)(=O)CCNC(=O)c1ccc(OC)cc1OC.